The van der Waals surface area contributed by atoms with Crippen molar-refractivity contribution in [3.63, 3.8) is 0 Å². The molecule has 1 aromatic carbocycles. The van der Waals surface area contributed by atoms with Crippen LogP contribution in [0.25, 0.3) is 0 Å². The molecule has 5 heteroatoms. The Morgan fingerprint density at radius 2 is 2.16 bits per heavy atom. The molecule has 0 heterocycles. The second-order valence-electron chi connectivity index (χ2n) is 5.49. The fourth-order valence-electron chi connectivity index (χ4n) is 1.76. The lowest BCUT2D eigenvalue weighted by Gasteiger charge is -2.26. The molecular formula is C14H22FN3O. The molecule has 19 heavy (non-hydrogen) atoms. The summed E-state index contributed by atoms with van der Waals surface area (Å²) in [6.07, 6.45) is 0.759. The van der Waals surface area contributed by atoms with E-state index < -0.39 is 0 Å². The Hall–Kier alpha value is -1.62. The average molecular weight is 267 g/mol. The van der Waals surface area contributed by atoms with Crippen molar-refractivity contribution in [2.45, 2.75) is 26.8 Å². The highest BCUT2D eigenvalue weighted by Gasteiger charge is 2.23. The van der Waals surface area contributed by atoms with Gasteiger partial charge in [0, 0.05) is 12.0 Å². The fraction of sp³-hybridized carbons (Fsp3) is 0.500. The van der Waals surface area contributed by atoms with E-state index in [2.05, 4.69) is 10.1 Å². The van der Waals surface area contributed by atoms with Gasteiger partial charge in [0.1, 0.15) is 11.7 Å². The Kier molecular flexibility index (Phi) is 5.30. The van der Waals surface area contributed by atoms with Crippen molar-refractivity contribution in [1.29, 1.82) is 0 Å². The van der Waals surface area contributed by atoms with Crippen molar-refractivity contribution < 1.29 is 9.60 Å². The minimum atomic E-state index is -0.356. The van der Waals surface area contributed by atoms with Crippen LogP contribution in [0.1, 0.15) is 25.8 Å². The van der Waals surface area contributed by atoms with Gasteiger partial charge in [0.15, 0.2) is 0 Å². The molecule has 0 unspecified atom stereocenters. The highest BCUT2D eigenvalue weighted by Crippen LogP contribution is 2.21. The Morgan fingerprint density at radius 3 is 2.74 bits per heavy atom. The third kappa shape index (κ3) is 4.87. The normalized spacial score (nSPS) is 13.0. The lowest BCUT2D eigenvalue weighted by molar-refractivity contribution is 0.272. The Balaban J connectivity index is 2.50. The van der Waals surface area contributed by atoms with Crippen molar-refractivity contribution in [2.75, 3.05) is 13.6 Å². The molecule has 0 radical (unpaired) electrons. The molecule has 0 aliphatic heterocycles. The largest absolute Gasteiger partial charge is 0.409 e. The van der Waals surface area contributed by atoms with Crippen molar-refractivity contribution in [1.82, 2.24) is 4.90 Å². The summed E-state index contributed by atoms with van der Waals surface area (Å²) in [6.45, 7) is 5.31. The molecule has 1 aromatic rings. The number of halogens is 1. The van der Waals surface area contributed by atoms with Gasteiger partial charge in [-0.25, -0.2) is 4.39 Å². The number of nitrogens with two attached hydrogens (primary N) is 1. The summed E-state index contributed by atoms with van der Waals surface area (Å²) in [7, 11) is 1.97. The molecule has 0 saturated carbocycles. The van der Waals surface area contributed by atoms with Crippen LogP contribution in [0.4, 0.5) is 4.39 Å². The van der Waals surface area contributed by atoms with E-state index in [-0.39, 0.29) is 17.1 Å². The minimum Gasteiger partial charge on any atom is -0.409 e. The van der Waals surface area contributed by atoms with Crippen LogP contribution < -0.4 is 5.73 Å². The maximum atomic E-state index is 13.1. The summed E-state index contributed by atoms with van der Waals surface area (Å²) in [6, 6.07) is 6.57. The van der Waals surface area contributed by atoms with E-state index in [1.165, 1.54) is 12.1 Å². The Labute approximate surface area is 113 Å². The van der Waals surface area contributed by atoms with Gasteiger partial charge in [-0.1, -0.05) is 31.1 Å². The molecule has 0 aliphatic rings. The third-order valence-electron chi connectivity index (χ3n) is 3.26. The van der Waals surface area contributed by atoms with Crippen LogP contribution in [0.3, 0.4) is 0 Å². The maximum Gasteiger partial charge on any atom is 0.144 e. The number of hydrogen-bond donors (Lipinski definition) is 2. The summed E-state index contributed by atoms with van der Waals surface area (Å²) in [4.78, 5) is 2.08. The molecule has 4 nitrogen and oxygen atoms in total. The molecule has 0 aliphatic carbocycles. The van der Waals surface area contributed by atoms with E-state index in [0.29, 0.717) is 6.54 Å². The SMILES string of the molecule is CN(CCC(C)(C)C(N)=NO)Cc1cccc(F)c1. The zero-order valence-electron chi connectivity index (χ0n) is 11.7. The van der Waals surface area contributed by atoms with E-state index in [9.17, 15) is 4.39 Å². The van der Waals surface area contributed by atoms with E-state index in [4.69, 9.17) is 10.9 Å². The topological polar surface area (TPSA) is 61.8 Å². The molecule has 0 bridgehead atoms. The van der Waals surface area contributed by atoms with Crippen molar-refractivity contribution >= 4 is 5.84 Å². The molecule has 3 N–H and O–H groups in total. The summed E-state index contributed by atoms with van der Waals surface area (Å²) < 4.78 is 13.1. The lowest BCUT2D eigenvalue weighted by atomic mass is 9.88. The highest BCUT2D eigenvalue weighted by molar-refractivity contribution is 5.85. The quantitative estimate of drug-likeness (QED) is 0.360. The molecule has 0 aromatic heterocycles. The first-order valence-corrected chi connectivity index (χ1v) is 6.26. The van der Waals surface area contributed by atoms with Gasteiger partial charge in [-0.3, -0.25) is 0 Å². The second-order valence-corrected chi connectivity index (χ2v) is 5.49. The van der Waals surface area contributed by atoms with E-state index in [0.717, 1.165) is 18.5 Å². The first-order chi connectivity index (χ1) is 8.85. The van der Waals surface area contributed by atoms with Crippen LogP contribution in [-0.2, 0) is 6.54 Å². The third-order valence-corrected chi connectivity index (χ3v) is 3.26. The van der Waals surface area contributed by atoms with Gasteiger partial charge in [-0.2, -0.15) is 0 Å². The molecule has 0 saturated heterocycles. The average Bonchev–Trinajstić information content (AvgIpc) is 2.35. The van der Waals surface area contributed by atoms with Gasteiger partial charge in [0.2, 0.25) is 0 Å². The van der Waals surface area contributed by atoms with Crippen LogP contribution in [0.2, 0.25) is 0 Å². The molecular weight excluding hydrogens is 245 g/mol. The summed E-state index contributed by atoms with van der Waals surface area (Å²) in [5, 5.41) is 11.8. The number of nitrogens with zero attached hydrogens (tertiary/aromatic N) is 2. The smallest absolute Gasteiger partial charge is 0.144 e. The molecule has 0 spiro atoms. The zero-order chi connectivity index (χ0) is 14.5. The first kappa shape index (κ1) is 15.4. The second kappa shape index (κ2) is 6.52. The summed E-state index contributed by atoms with van der Waals surface area (Å²) in [5.74, 6) is 0.00884. The molecule has 1 rings (SSSR count). The Bertz CT molecular complexity index is 446. The van der Waals surface area contributed by atoms with Crippen LogP contribution in [0.15, 0.2) is 29.4 Å². The van der Waals surface area contributed by atoms with Gasteiger partial charge in [-0.05, 0) is 37.7 Å². The minimum absolute atomic E-state index is 0.220. The number of rotatable bonds is 6. The number of amidine groups is 1. The summed E-state index contributed by atoms with van der Waals surface area (Å²) >= 11 is 0. The number of oxime groups is 1. The van der Waals surface area contributed by atoms with E-state index >= 15 is 0 Å². The number of hydrogen-bond acceptors (Lipinski definition) is 3. The predicted molar refractivity (Wildman–Crippen MR) is 74.5 cm³/mol. The molecule has 106 valence electrons. The highest BCUT2D eigenvalue weighted by atomic mass is 19.1. The van der Waals surface area contributed by atoms with E-state index in [1.807, 2.05) is 27.0 Å². The van der Waals surface area contributed by atoms with E-state index in [1.54, 1.807) is 6.07 Å². The van der Waals surface area contributed by atoms with Crippen LogP contribution in [-0.4, -0.2) is 29.5 Å². The Morgan fingerprint density at radius 1 is 1.47 bits per heavy atom. The van der Waals surface area contributed by atoms with Gasteiger partial charge >= 0.3 is 0 Å². The standard InChI is InChI=1S/C14H22FN3O/c1-14(2,13(16)17-19)7-8-18(3)10-11-5-4-6-12(15)9-11/h4-6,9,19H,7-8,10H2,1-3H3,(H2,16,17). The van der Waals surface area contributed by atoms with Crippen molar-refractivity contribution in [2.24, 2.45) is 16.3 Å². The monoisotopic (exact) mass is 267 g/mol. The molecule has 0 fully saturated rings. The van der Waals surface area contributed by atoms with Crippen LogP contribution in [0.5, 0.6) is 0 Å². The van der Waals surface area contributed by atoms with Crippen LogP contribution in [0, 0.1) is 11.2 Å². The van der Waals surface area contributed by atoms with Crippen molar-refractivity contribution in [3.8, 4) is 0 Å². The predicted octanol–water partition coefficient (Wildman–Crippen LogP) is 2.42. The molecule has 0 atom stereocenters. The number of benzene rings is 1. The first-order valence-electron chi connectivity index (χ1n) is 6.26. The zero-order valence-corrected chi connectivity index (χ0v) is 11.7. The van der Waals surface area contributed by atoms with Gasteiger partial charge < -0.3 is 15.8 Å². The molecule has 0 amide bonds. The summed E-state index contributed by atoms with van der Waals surface area (Å²) in [5.41, 5.74) is 6.22. The van der Waals surface area contributed by atoms with Gasteiger partial charge in [0.05, 0.1) is 0 Å². The van der Waals surface area contributed by atoms with Crippen molar-refractivity contribution in [3.05, 3.63) is 35.6 Å². The van der Waals surface area contributed by atoms with Gasteiger partial charge in [-0.15, -0.1) is 0 Å². The fourth-order valence-corrected chi connectivity index (χ4v) is 1.76. The lowest BCUT2D eigenvalue weighted by Crippen LogP contribution is -2.35. The van der Waals surface area contributed by atoms with Gasteiger partial charge in [0.25, 0.3) is 0 Å². The van der Waals surface area contributed by atoms with Crippen LogP contribution >= 0.6 is 0 Å². The maximum absolute atomic E-state index is 13.1.